The van der Waals surface area contributed by atoms with Crippen molar-refractivity contribution in [3.63, 3.8) is 0 Å². The van der Waals surface area contributed by atoms with Gasteiger partial charge in [-0.15, -0.1) is 0 Å². The fraction of sp³-hybridized carbons (Fsp3) is 0.222. The molecule has 1 aliphatic rings. The molecule has 0 spiro atoms. The molecule has 1 atom stereocenters. The van der Waals surface area contributed by atoms with Gasteiger partial charge in [0.25, 0.3) is 0 Å². The van der Waals surface area contributed by atoms with E-state index in [0.717, 1.165) is 17.9 Å². The Hall–Kier alpha value is -1.59. The third-order valence-corrected chi connectivity index (χ3v) is 2.06. The van der Waals surface area contributed by atoms with Gasteiger partial charge in [0.15, 0.2) is 0 Å². The highest BCUT2D eigenvalue weighted by Crippen LogP contribution is 2.31. The summed E-state index contributed by atoms with van der Waals surface area (Å²) in [6, 6.07) is 7.78. The van der Waals surface area contributed by atoms with E-state index in [4.69, 9.17) is 16.4 Å². The SMILES string of the molecule is N/N=C\N(N)c1cccc(C2CO2)c1. The van der Waals surface area contributed by atoms with E-state index >= 15 is 0 Å². The highest BCUT2D eigenvalue weighted by atomic mass is 16.6. The maximum Gasteiger partial charge on any atom is 0.129 e. The zero-order valence-corrected chi connectivity index (χ0v) is 7.63. The Bertz CT molecular complexity index is 348. The van der Waals surface area contributed by atoms with Gasteiger partial charge in [-0.2, -0.15) is 5.10 Å². The molecule has 1 fully saturated rings. The number of epoxide rings is 1. The number of hydrazone groups is 1. The minimum atomic E-state index is 0.234. The van der Waals surface area contributed by atoms with E-state index in [9.17, 15) is 0 Å². The fourth-order valence-corrected chi connectivity index (χ4v) is 1.26. The van der Waals surface area contributed by atoms with Crippen molar-refractivity contribution in [3.05, 3.63) is 29.8 Å². The molecule has 0 saturated carbocycles. The molecular formula is C9H12N4O. The smallest absolute Gasteiger partial charge is 0.129 e. The number of ether oxygens (including phenoxy) is 1. The molecule has 5 nitrogen and oxygen atoms in total. The van der Waals surface area contributed by atoms with Crippen molar-refractivity contribution in [2.24, 2.45) is 16.8 Å². The van der Waals surface area contributed by atoms with E-state index in [1.54, 1.807) is 0 Å². The Kier molecular flexibility index (Phi) is 2.34. The average molecular weight is 192 g/mol. The maximum absolute atomic E-state index is 5.66. The van der Waals surface area contributed by atoms with E-state index in [0.29, 0.717) is 0 Å². The summed E-state index contributed by atoms with van der Waals surface area (Å²) in [5, 5.41) is 4.71. The topological polar surface area (TPSA) is 80.2 Å². The van der Waals surface area contributed by atoms with Crippen molar-refractivity contribution in [3.8, 4) is 0 Å². The first-order chi connectivity index (χ1) is 6.81. The third-order valence-electron chi connectivity index (χ3n) is 2.06. The van der Waals surface area contributed by atoms with Crippen molar-refractivity contribution in [1.82, 2.24) is 0 Å². The Morgan fingerprint density at radius 1 is 1.57 bits per heavy atom. The van der Waals surface area contributed by atoms with Crippen LogP contribution in [0.4, 0.5) is 5.69 Å². The summed E-state index contributed by atoms with van der Waals surface area (Å²) >= 11 is 0. The molecule has 1 heterocycles. The van der Waals surface area contributed by atoms with Crippen LogP contribution in [0.3, 0.4) is 0 Å². The molecule has 14 heavy (non-hydrogen) atoms. The van der Waals surface area contributed by atoms with Crippen LogP contribution in [0.2, 0.25) is 0 Å². The van der Waals surface area contributed by atoms with Crippen molar-refractivity contribution in [2.45, 2.75) is 6.10 Å². The van der Waals surface area contributed by atoms with Crippen molar-refractivity contribution in [2.75, 3.05) is 11.6 Å². The zero-order valence-electron chi connectivity index (χ0n) is 7.63. The summed E-state index contributed by atoms with van der Waals surface area (Å²) in [4.78, 5) is 0. The molecule has 2 rings (SSSR count). The van der Waals surface area contributed by atoms with Gasteiger partial charge < -0.3 is 10.6 Å². The summed E-state index contributed by atoms with van der Waals surface area (Å²) in [5.74, 6) is 10.7. The van der Waals surface area contributed by atoms with E-state index in [2.05, 4.69) is 5.10 Å². The van der Waals surface area contributed by atoms with Gasteiger partial charge in [0.2, 0.25) is 0 Å². The number of hydrogen-bond donors (Lipinski definition) is 2. The van der Waals surface area contributed by atoms with Gasteiger partial charge in [-0.05, 0) is 17.7 Å². The van der Waals surface area contributed by atoms with Crippen molar-refractivity contribution < 1.29 is 4.74 Å². The van der Waals surface area contributed by atoms with Crippen LogP contribution in [0.5, 0.6) is 0 Å². The molecule has 0 bridgehead atoms. The van der Waals surface area contributed by atoms with Gasteiger partial charge in [0, 0.05) is 0 Å². The second-order valence-corrected chi connectivity index (χ2v) is 3.09. The molecular weight excluding hydrogens is 180 g/mol. The predicted molar refractivity (Wildman–Crippen MR) is 54.5 cm³/mol. The quantitative estimate of drug-likeness (QED) is 0.238. The summed E-state index contributed by atoms with van der Waals surface area (Å²) in [7, 11) is 0. The summed E-state index contributed by atoms with van der Waals surface area (Å²) < 4.78 is 5.17. The molecule has 4 N–H and O–H groups in total. The third kappa shape index (κ3) is 1.84. The fourth-order valence-electron chi connectivity index (χ4n) is 1.26. The van der Waals surface area contributed by atoms with E-state index in [-0.39, 0.29) is 6.10 Å². The lowest BCUT2D eigenvalue weighted by Gasteiger charge is -2.12. The minimum absolute atomic E-state index is 0.234. The average Bonchev–Trinajstić information content (AvgIpc) is 3.02. The van der Waals surface area contributed by atoms with Crippen LogP contribution in [0, 0.1) is 0 Å². The standard InChI is InChI=1S/C9H12N4O/c10-12-6-13(11)8-3-1-2-7(4-8)9-5-14-9/h1-4,6,9H,5,10-11H2/b12-6-. The van der Waals surface area contributed by atoms with Crippen LogP contribution in [-0.4, -0.2) is 12.9 Å². The lowest BCUT2D eigenvalue weighted by Crippen LogP contribution is -2.29. The molecule has 0 amide bonds. The Balaban J connectivity index is 2.20. The number of hydrazine groups is 1. The van der Waals surface area contributed by atoms with Crippen LogP contribution in [-0.2, 0) is 4.74 Å². The van der Waals surface area contributed by atoms with Crippen LogP contribution in [0.15, 0.2) is 29.4 Å². The first-order valence-electron chi connectivity index (χ1n) is 4.30. The highest BCUT2D eigenvalue weighted by Gasteiger charge is 2.24. The molecule has 1 aliphatic heterocycles. The van der Waals surface area contributed by atoms with Crippen molar-refractivity contribution >= 4 is 12.0 Å². The second kappa shape index (κ2) is 3.65. The largest absolute Gasteiger partial charge is 0.368 e. The Morgan fingerprint density at radius 3 is 3.00 bits per heavy atom. The molecule has 0 radical (unpaired) electrons. The predicted octanol–water partition coefficient (Wildman–Crippen LogP) is 0.340. The minimum Gasteiger partial charge on any atom is -0.368 e. The van der Waals surface area contributed by atoms with Crippen LogP contribution < -0.4 is 16.7 Å². The molecule has 0 aromatic heterocycles. The van der Waals surface area contributed by atoms with Gasteiger partial charge in [-0.3, -0.25) is 5.01 Å². The number of hydrogen-bond acceptors (Lipinski definition) is 4. The molecule has 0 aliphatic carbocycles. The number of rotatable bonds is 3. The lowest BCUT2D eigenvalue weighted by molar-refractivity contribution is 0.415. The number of nitrogens with zero attached hydrogens (tertiary/aromatic N) is 2. The summed E-state index contributed by atoms with van der Waals surface area (Å²) in [5.41, 5.74) is 1.97. The van der Waals surface area contributed by atoms with Gasteiger partial charge in [0.1, 0.15) is 12.4 Å². The van der Waals surface area contributed by atoms with Gasteiger partial charge in [-0.25, -0.2) is 5.84 Å². The zero-order chi connectivity index (χ0) is 9.97. The highest BCUT2D eigenvalue weighted by molar-refractivity contribution is 5.77. The normalized spacial score (nSPS) is 19.9. The number of benzene rings is 1. The van der Waals surface area contributed by atoms with Crippen molar-refractivity contribution in [1.29, 1.82) is 0 Å². The van der Waals surface area contributed by atoms with Gasteiger partial charge in [-0.1, -0.05) is 12.1 Å². The number of nitrogens with two attached hydrogens (primary N) is 2. The monoisotopic (exact) mass is 192 g/mol. The van der Waals surface area contributed by atoms with Gasteiger partial charge in [0.05, 0.1) is 12.3 Å². The van der Waals surface area contributed by atoms with Crippen LogP contribution in [0.1, 0.15) is 11.7 Å². The maximum atomic E-state index is 5.66. The van der Waals surface area contributed by atoms with E-state index in [1.807, 2.05) is 24.3 Å². The summed E-state index contributed by atoms with van der Waals surface area (Å²) in [6.07, 6.45) is 1.59. The Morgan fingerprint density at radius 2 is 2.36 bits per heavy atom. The molecule has 1 aromatic rings. The van der Waals surface area contributed by atoms with E-state index in [1.165, 1.54) is 11.3 Å². The molecule has 1 unspecified atom stereocenters. The number of anilines is 1. The second-order valence-electron chi connectivity index (χ2n) is 3.09. The van der Waals surface area contributed by atoms with E-state index < -0.39 is 0 Å². The molecule has 1 saturated heterocycles. The Labute approximate surface area is 81.9 Å². The summed E-state index contributed by atoms with van der Waals surface area (Å²) in [6.45, 7) is 0.791. The van der Waals surface area contributed by atoms with Gasteiger partial charge >= 0.3 is 0 Å². The molecule has 5 heteroatoms. The first-order valence-corrected chi connectivity index (χ1v) is 4.30. The van der Waals surface area contributed by atoms with Crippen LogP contribution >= 0.6 is 0 Å². The molecule has 1 aromatic carbocycles. The lowest BCUT2D eigenvalue weighted by atomic mass is 10.1. The molecule has 74 valence electrons. The first kappa shape index (κ1) is 8.98. The van der Waals surface area contributed by atoms with Crippen LogP contribution in [0.25, 0.3) is 0 Å².